The normalized spacial score (nSPS) is 20.6. The summed E-state index contributed by atoms with van der Waals surface area (Å²) >= 11 is 0. The van der Waals surface area contributed by atoms with Gasteiger partial charge in [0, 0.05) is 6.20 Å². The Balaban J connectivity index is 2.10. The molecule has 2 rings (SSSR count). The molecule has 13 nitrogen and oxygen atoms in total. The van der Waals surface area contributed by atoms with Crippen molar-refractivity contribution in [2.75, 3.05) is 25.3 Å². The summed E-state index contributed by atoms with van der Waals surface area (Å²) in [7, 11) is 0. The summed E-state index contributed by atoms with van der Waals surface area (Å²) in [5.74, 6) is -0.113. The summed E-state index contributed by atoms with van der Waals surface area (Å²) in [5, 5.41) is 18.9. The molecule has 0 aliphatic carbocycles. The minimum Gasteiger partial charge on any atom is -0.434 e. The molecule has 0 radical (unpaired) electrons. The Bertz CT molecular complexity index is 896. The van der Waals surface area contributed by atoms with E-state index < -0.39 is 49.1 Å². The SMILES string of the molecule is CCCCCCCOC(=O)OC1C(CO)OC(n2ccc(NO)nc2=O)C1OC(=O)OCCCCCCC. The molecule has 13 heteroatoms. The molecule has 1 aromatic heterocycles. The number of nitrogens with one attached hydrogen (secondary N) is 1. The Kier molecular flexibility index (Phi) is 14.5. The molecular weight excluding hydrogens is 502 g/mol. The van der Waals surface area contributed by atoms with Gasteiger partial charge in [0.2, 0.25) is 0 Å². The third-order valence-electron chi connectivity index (χ3n) is 6.08. The van der Waals surface area contributed by atoms with Crippen molar-refractivity contribution in [1.82, 2.24) is 9.55 Å². The van der Waals surface area contributed by atoms with E-state index in [-0.39, 0.29) is 19.0 Å². The van der Waals surface area contributed by atoms with Crippen LogP contribution in [-0.2, 0) is 23.7 Å². The number of aromatic nitrogens is 2. The Morgan fingerprint density at radius 2 is 1.50 bits per heavy atom. The van der Waals surface area contributed by atoms with Gasteiger partial charge in [-0.15, -0.1) is 0 Å². The number of hydrogen-bond donors (Lipinski definition) is 3. The number of unbranched alkanes of at least 4 members (excludes halogenated alkanes) is 8. The van der Waals surface area contributed by atoms with Crippen LogP contribution in [0.2, 0.25) is 0 Å². The molecule has 38 heavy (non-hydrogen) atoms. The first-order valence-corrected chi connectivity index (χ1v) is 13.4. The lowest BCUT2D eigenvalue weighted by Gasteiger charge is -2.24. The average Bonchev–Trinajstić information content (AvgIpc) is 3.24. The molecule has 1 aliphatic heterocycles. The molecule has 4 unspecified atom stereocenters. The lowest BCUT2D eigenvalue weighted by Crippen LogP contribution is -2.42. The van der Waals surface area contributed by atoms with Crippen molar-refractivity contribution in [2.45, 2.75) is 103 Å². The molecule has 1 saturated heterocycles. The van der Waals surface area contributed by atoms with Crippen LogP contribution < -0.4 is 11.2 Å². The first-order valence-electron chi connectivity index (χ1n) is 13.4. The van der Waals surface area contributed by atoms with Crippen LogP contribution in [0.4, 0.5) is 15.4 Å². The number of nitrogens with zero attached hydrogens (tertiary/aromatic N) is 2. The topological polar surface area (TPSA) is 168 Å². The third-order valence-corrected chi connectivity index (χ3v) is 6.08. The molecule has 1 aromatic rings. The maximum Gasteiger partial charge on any atom is 0.508 e. The van der Waals surface area contributed by atoms with E-state index in [2.05, 4.69) is 18.8 Å². The number of rotatable bonds is 17. The van der Waals surface area contributed by atoms with E-state index in [1.54, 1.807) is 5.48 Å². The van der Waals surface area contributed by atoms with Gasteiger partial charge in [-0.3, -0.25) is 15.3 Å². The first kappa shape index (κ1) is 31.3. The minimum absolute atomic E-state index is 0.113. The average molecular weight is 544 g/mol. The Hall–Kier alpha value is -2.90. The maximum absolute atomic E-state index is 12.5. The highest BCUT2D eigenvalue weighted by Crippen LogP contribution is 2.33. The lowest BCUT2D eigenvalue weighted by molar-refractivity contribution is -0.0673. The Morgan fingerprint density at radius 1 is 0.947 bits per heavy atom. The van der Waals surface area contributed by atoms with E-state index in [4.69, 9.17) is 28.9 Å². The van der Waals surface area contributed by atoms with E-state index in [1.807, 2.05) is 0 Å². The largest absolute Gasteiger partial charge is 0.508 e. The van der Waals surface area contributed by atoms with Gasteiger partial charge in [0.15, 0.2) is 24.3 Å². The van der Waals surface area contributed by atoms with Crippen LogP contribution in [0.25, 0.3) is 0 Å². The zero-order chi connectivity index (χ0) is 27.8. The fraction of sp³-hybridized carbons (Fsp3) is 0.760. The summed E-state index contributed by atoms with van der Waals surface area (Å²) in [6.07, 6.45) is 3.65. The van der Waals surface area contributed by atoms with Gasteiger partial charge in [0.25, 0.3) is 0 Å². The van der Waals surface area contributed by atoms with Gasteiger partial charge in [-0.2, -0.15) is 4.98 Å². The van der Waals surface area contributed by atoms with Crippen molar-refractivity contribution in [3.05, 3.63) is 22.7 Å². The summed E-state index contributed by atoms with van der Waals surface area (Å²) in [6.45, 7) is 3.88. The monoisotopic (exact) mass is 543 g/mol. The molecule has 3 N–H and O–H groups in total. The zero-order valence-electron chi connectivity index (χ0n) is 22.2. The van der Waals surface area contributed by atoms with Gasteiger partial charge in [-0.25, -0.2) is 14.4 Å². The number of carbonyl (C=O) groups is 2. The molecule has 0 amide bonds. The van der Waals surface area contributed by atoms with Crippen LogP contribution in [-0.4, -0.2) is 70.3 Å². The van der Waals surface area contributed by atoms with Crippen LogP contribution in [0.5, 0.6) is 0 Å². The molecule has 0 aromatic carbocycles. The number of hydrogen-bond acceptors (Lipinski definition) is 12. The van der Waals surface area contributed by atoms with Crippen molar-refractivity contribution >= 4 is 18.1 Å². The van der Waals surface area contributed by atoms with E-state index in [0.717, 1.165) is 55.9 Å². The van der Waals surface area contributed by atoms with Crippen LogP contribution in [0.3, 0.4) is 0 Å². The van der Waals surface area contributed by atoms with E-state index in [9.17, 15) is 19.5 Å². The molecule has 1 fully saturated rings. The third kappa shape index (κ3) is 10.1. The van der Waals surface area contributed by atoms with Gasteiger partial charge in [0.1, 0.15) is 6.10 Å². The lowest BCUT2D eigenvalue weighted by atomic mass is 10.1. The second-order valence-corrected chi connectivity index (χ2v) is 9.05. The van der Waals surface area contributed by atoms with Crippen molar-refractivity contribution < 1.29 is 43.6 Å². The number of aliphatic hydroxyl groups is 1. The van der Waals surface area contributed by atoms with E-state index >= 15 is 0 Å². The predicted molar refractivity (Wildman–Crippen MR) is 135 cm³/mol. The molecule has 216 valence electrons. The number of ether oxygens (including phenoxy) is 5. The quantitative estimate of drug-likeness (QED) is 0.147. The second kappa shape index (κ2) is 17.6. The molecule has 0 saturated carbocycles. The van der Waals surface area contributed by atoms with Crippen molar-refractivity contribution in [1.29, 1.82) is 0 Å². The van der Waals surface area contributed by atoms with Gasteiger partial charge < -0.3 is 28.8 Å². The molecular formula is C25H41N3O10. The highest BCUT2D eigenvalue weighted by Gasteiger charge is 2.51. The minimum atomic E-state index is -1.36. The molecule has 4 atom stereocenters. The van der Waals surface area contributed by atoms with E-state index in [0.29, 0.717) is 12.8 Å². The predicted octanol–water partition coefficient (Wildman–Crippen LogP) is 3.92. The van der Waals surface area contributed by atoms with Gasteiger partial charge in [0.05, 0.1) is 19.8 Å². The van der Waals surface area contributed by atoms with E-state index in [1.165, 1.54) is 12.3 Å². The van der Waals surface area contributed by atoms with Gasteiger partial charge in [-0.05, 0) is 18.9 Å². The van der Waals surface area contributed by atoms with Crippen molar-refractivity contribution in [3.8, 4) is 0 Å². The molecule has 0 spiro atoms. The zero-order valence-corrected chi connectivity index (χ0v) is 22.2. The Morgan fingerprint density at radius 3 is 2.00 bits per heavy atom. The molecule has 2 heterocycles. The van der Waals surface area contributed by atoms with Gasteiger partial charge >= 0.3 is 18.0 Å². The highest BCUT2D eigenvalue weighted by molar-refractivity contribution is 5.61. The number of aliphatic hydroxyl groups excluding tert-OH is 1. The van der Waals surface area contributed by atoms with Crippen LogP contribution in [0.1, 0.15) is 84.3 Å². The molecule has 0 bridgehead atoms. The van der Waals surface area contributed by atoms with Crippen LogP contribution in [0.15, 0.2) is 17.1 Å². The fourth-order valence-corrected chi connectivity index (χ4v) is 4.03. The van der Waals surface area contributed by atoms with Crippen molar-refractivity contribution in [3.63, 3.8) is 0 Å². The molecule has 1 aliphatic rings. The summed E-state index contributed by atoms with van der Waals surface area (Å²) < 4.78 is 27.9. The van der Waals surface area contributed by atoms with Crippen LogP contribution >= 0.6 is 0 Å². The number of anilines is 1. The number of carbonyl (C=O) groups excluding carboxylic acids is 2. The standard InChI is InChI=1S/C25H41N3O10/c1-3-5-7-9-11-15-34-24(31)37-20-18(17-29)36-22(28-14-13-19(27-33)26-23(28)30)21(20)38-25(32)35-16-12-10-8-6-4-2/h13-14,18,20-22,29,33H,3-12,15-17H2,1-2H3,(H,26,27,30). The Labute approximate surface area is 222 Å². The first-order chi connectivity index (χ1) is 18.4. The maximum atomic E-state index is 12.5. The smallest absolute Gasteiger partial charge is 0.434 e. The second-order valence-electron chi connectivity index (χ2n) is 9.05. The summed E-state index contributed by atoms with van der Waals surface area (Å²) in [4.78, 5) is 41.1. The van der Waals surface area contributed by atoms with Crippen molar-refractivity contribution in [2.24, 2.45) is 0 Å². The highest BCUT2D eigenvalue weighted by atomic mass is 16.8. The summed E-state index contributed by atoms with van der Waals surface area (Å²) in [5.41, 5.74) is 0.916. The van der Waals surface area contributed by atoms with Gasteiger partial charge in [-0.1, -0.05) is 65.2 Å². The summed E-state index contributed by atoms with van der Waals surface area (Å²) in [6, 6.07) is 1.28. The fourth-order valence-electron chi connectivity index (χ4n) is 4.03. The van der Waals surface area contributed by atoms with Crippen LogP contribution in [0, 0.1) is 0 Å².